The van der Waals surface area contributed by atoms with Gasteiger partial charge in [0.25, 0.3) is 0 Å². The fourth-order valence-corrected chi connectivity index (χ4v) is 4.82. The van der Waals surface area contributed by atoms with Gasteiger partial charge < -0.3 is 26.0 Å². The number of anilines is 2. The molecule has 7 nitrogen and oxygen atoms in total. The average Bonchev–Trinajstić information content (AvgIpc) is 2.80. The van der Waals surface area contributed by atoms with Gasteiger partial charge in [-0.25, -0.2) is 4.79 Å². The summed E-state index contributed by atoms with van der Waals surface area (Å²) < 4.78 is 0. The van der Waals surface area contributed by atoms with Gasteiger partial charge in [-0.1, -0.05) is 18.9 Å². The third kappa shape index (κ3) is 5.71. The van der Waals surface area contributed by atoms with Crippen molar-refractivity contribution in [2.75, 3.05) is 23.3 Å². The fourth-order valence-electron chi connectivity index (χ4n) is 4.82. The second kappa shape index (κ2) is 10.4. The molecule has 2 aromatic carbocycles. The van der Waals surface area contributed by atoms with Crippen LogP contribution in [0, 0.1) is 11.3 Å². The molecule has 0 unspecified atom stereocenters. The number of urea groups is 1. The first-order valence-corrected chi connectivity index (χ1v) is 11.5. The van der Waals surface area contributed by atoms with Crippen LogP contribution >= 0.6 is 0 Å². The van der Waals surface area contributed by atoms with Crippen molar-refractivity contribution in [1.29, 1.82) is 5.26 Å². The molecule has 2 aliphatic rings. The summed E-state index contributed by atoms with van der Waals surface area (Å²) in [5.41, 5.74) is 2.41. The summed E-state index contributed by atoms with van der Waals surface area (Å²) in [7, 11) is 0. The van der Waals surface area contributed by atoms with Crippen LogP contribution in [0.2, 0.25) is 0 Å². The van der Waals surface area contributed by atoms with E-state index in [0.29, 0.717) is 17.3 Å². The number of phenols is 1. The molecule has 1 aliphatic heterocycles. The molecule has 3 atom stereocenters. The van der Waals surface area contributed by atoms with E-state index >= 15 is 0 Å². The summed E-state index contributed by atoms with van der Waals surface area (Å²) in [5, 5.41) is 28.4. The number of amides is 2. The number of piperidine rings is 1. The van der Waals surface area contributed by atoms with Crippen LogP contribution < -0.4 is 20.9 Å². The summed E-state index contributed by atoms with van der Waals surface area (Å²) in [6, 6.07) is 17.0. The number of nitriles is 1. The molecule has 168 valence electrons. The Balaban J connectivity index is 1.34. The van der Waals surface area contributed by atoms with Crippen LogP contribution in [-0.2, 0) is 0 Å². The Morgan fingerprint density at radius 3 is 2.56 bits per heavy atom. The molecule has 2 aromatic rings. The summed E-state index contributed by atoms with van der Waals surface area (Å²) >= 11 is 0. The maximum absolute atomic E-state index is 12.6. The lowest BCUT2D eigenvalue weighted by Crippen LogP contribution is -2.57. The average molecular weight is 434 g/mol. The molecule has 1 saturated carbocycles. The first-order valence-electron chi connectivity index (χ1n) is 11.5. The van der Waals surface area contributed by atoms with E-state index in [-0.39, 0.29) is 23.9 Å². The minimum atomic E-state index is -0.239. The van der Waals surface area contributed by atoms with E-state index in [4.69, 9.17) is 5.26 Å². The molecule has 7 heteroatoms. The molecule has 0 spiro atoms. The van der Waals surface area contributed by atoms with Crippen LogP contribution in [0.15, 0.2) is 48.5 Å². The van der Waals surface area contributed by atoms with E-state index in [1.54, 1.807) is 18.2 Å². The van der Waals surface area contributed by atoms with Crippen LogP contribution in [0.4, 0.5) is 16.2 Å². The smallest absolute Gasteiger partial charge is 0.319 e. The summed E-state index contributed by atoms with van der Waals surface area (Å²) in [6.07, 6.45) is 6.50. The third-order valence-electron chi connectivity index (χ3n) is 6.42. The number of carbonyl (C=O) groups excluding carboxylic acids is 1. The van der Waals surface area contributed by atoms with Gasteiger partial charge in [0, 0.05) is 48.7 Å². The monoisotopic (exact) mass is 433 g/mol. The van der Waals surface area contributed by atoms with Crippen molar-refractivity contribution in [1.82, 2.24) is 10.6 Å². The highest BCUT2D eigenvalue weighted by atomic mass is 16.3. The Labute approximate surface area is 189 Å². The molecule has 32 heavy (non-hydrogen) atoms. The molecule has 1 saturated heterocycles. The second-order valence-corrected chi connectivity index (χ2v) is 8.76. The Hall–Kier alpha value is -3.24. The van der Waals surface area contributed by atoms with Crippen LogP contribution in [0.5, 0.6) is 5.75 Å². The standard InChI is InChI=1S/C25H31N5O2/c26-16-18-10-12-21(13-11-18)30-14-4-6-20(17-30)27-23-8-1-2-9-24(23)29-25(32)28-19-5-3-7-22(31)15-19/h3,5,7,10-13,15,20,23-24,27,31H,1-2,4,6,8-9,14,17H2,(H2,28,29,32)/t20-,23+,24+/m0/s1. The lowest BCUT2D eigenvalue weighted by Gasteiger charge is -2.40. The van der Waals surface area contributed by atoms with Gasteiger partial charge in [-0.2, -0.15) is 5.26 Å². The van der Waals surface area contributed by atoms with Gasteiger partial charge >= 0.3 is 6.03 Å². The fraction of sp³-hybridized carbons (Fsp3) is 0.440. The number of nitrogens with zero attached hydrogens (tertiary/aromatic N) is 2. The van der Waals surface area contributed by atoms with E-state index in [9.17, 15) is 9.90 Å². The molecule has 2 fully saturated rings. The maximum Gasteiger partial charge on any atom is 0.319 e. The molecule has 4 N–H and O–H groups in total. The lowest BCUT2D eigenvalue weighted by molar-refractivity contribution is 0.226. The van der Waals surface area contributed by atoms with Crippen molar-refractivity contribution in [2.24, 2.45) is 0 Å². The van der Waals surface area contributed by atoms with E-state index < -0.39 is 0 Å². The highest BCUT2D eigenvalue weighted by Gasteiger charge is 2.30. The van der Waals surface area contributed by atoms with Gasteiger partial charge in [0.1, 0.15) is 5.75 Å². The highest BCUT2D eigenvalue weighted by molar-refractivity contribution is 5.89. The largest absolute Gasteiger partial charge is 0.508 e. The molecule has 0 radical (unpaired) electrons. The number of phenolic OH excluding ortho intramolecular Hbond substituents is 1. The predicted molar refractivity (Wildman–Crippen MR) is 126 cm³/mol. The van der Waals surface area contributed by atoms with Crippen LogP contribution in [0.1, 0.15) is 44.1 Å². The van der Waals surface area contributed by atoms with Gasteiger partial charge in [-0.05, 0) is 62.1 Å². The zero-order valence-corrected chi connectivity index (χ0v) is 18.3. The van der Waals surface area contributed by atoms with Crippen LogP contribution in [0.25, 0.3) is 0 Å². The van der Waals surface area contributed by atoms with Gasteiger partial charge in [-0.3, -0.25) is 0 Å². The zero-order valence-electron chi connectivity index (χ0n) is 18.3. The van der Waals surface area contributed by atoms with Crippen molar-refractivity contribution >= 4 is 17.4 Å². The van der Waals surface area contributed by atoms with Crippen molar-refractivity contribution in [3.8, 4) is 11.8 Å². The Morgan fingerprint density at radius 1 is 1.03 bits per heavy atom. The molecule has 0 aromatic heterocycles. The van der Waals surface area contributed by atoms with E-state index in [2.05, 4.69) is 26.9 Å². The van der Waals surface area contributed by atoms with Crippen LogP contribution in [-0.4, -0.2) is 42.4 Å². The number of hydrogen-bond donors (Lipinski definition) is 4. The van der Waals surface area contributed by atoms with E-state index in [1.165, 1.54) is 6.07 Å². The summed E-state index contributed by atoms with van der Waals surface area (Å²) in [6.45, 7) is 1.94. The summed E-state index contributed by atoms with van der Waals surface area (Å²) in [4.78, 5) is 14.9. The minimum Gasteiger partial charge on any atom is -0.508 e. The Kier molecular flexibility index (Phi) is 7.13. The lowest BCUT2D eigenvalue weighted by atomic mass is 9.89. The quantitative estimate of drug-likeness (QED) is 0.572. The Morgan fingerprint density at radius 2 is 1.81 bits per heavy atom. The highest BCUT2D eigenvalue weighted by Crippen LogP contribution is 2.24. The molecular formula is C25H31N5O2. The van der Waals surface area contributed by atoms with Crippen LogP contribution in [0.3, 0.4) is 0 Å². The molecule has 0 bridgehead atoms. The first kappa shape index (κ1) is 22.0. The molecule has 1 heterocycles. The normalized spacial score (nSPS) is 23.2. The summed E-state index contributed by atoms with van der Waals surface area (Å²) in [5.74, 6) is 0.129. The van der Waals surface area contributed by atoms with E-state index in [1.807, 2.05) is 24.3 Å². The number of rotatable bonds is 5. The SMILES string of the molecule is N#Cc1ccc(N2CCC[C@H](N[C@@H]3CCCC[C@H]3NC(=O)Nc3cccc(O)c3)C2)cc1. The molecule has 1 aliphatic carbocycles. The predicted octanol–water partition coefficient (Wildman–Crippen LogP) is 3.96. The van der Waals surface area contributed by atoms with Crippen molar-refractivity contribution in [3.63, 3.8) is 0 Å². The van der Waals surface area contributed by atoms with Gasteiger partial charge in [-0.15, -0.1) is 0 Å². The van der Waals surface area contributed by atoms with Crippen molar-refractivity contribution in [2.45, 2.75) is 56.7 Å². The topological polar surface area (TPSA) is 100 Å². The number of hydrogen-bond acceptors (Lipinski definition) is 5. The zero-order chi connectivity index (χ0) is 22.3. The molecule has 4 rings (SSSR count). The molecule has 2 amide bonds. The first-order chi connectivity index (χ1) is 15.6. The van der Waals surface area contributed by atoms with Gasteiger partial charge in [0.05, 0.1) is 11.6 Å². The minimum absolute atomic E-state index is 0.0753. The number of aromatic hydroxyl groups is 1. The number of benzene rings is 2. The number of carbonyl (C=O) groups is 1. The second-order valence-electron chi connectivity index (χ2n) is 8.76. The third-order valence-corrected chi connectivity index (χ3v) is 6.42. The maximum atomic E-state index is 12.6. The Bertz CT molecular complexity index is 956. The van der Waals surface area contributed by atoms with Gasteiger partial charge in [0.2, 0.25) is 0 Å². The van der Waals surface area contributed by atoms with Crippen molar-refractivity contribution < 1.29 is 9.90 Å². The van der Waals surface area contributed by atoms with E-state index in [0.717, 1.165) is 57.3 Å². The molecular weight excluding hydrogens is 402 g/mol. The number of nitrogens with one attached hydrogen (secondary N) is 3. The van der Waals surface area contributed by atoms with Gasteiger partial charge in [0.15, 0.2) is 0 Å². The van der Waals surface area contributed by atoms with Crippen molar-refractivity contribution in [3.05, 3.63) is 54.1 Å².